The summed E-state index contributed by atoms with van der Waals surface area (Å²) in [5.74, 6) is 1.03. The van der Waals surface area contributed by atoms with E-state index in [0.717, 1.165) is 38.2 Å². The van der Waals surface area contributed by atoms with Crippen molar-refractivity contribution in [2.45, 2.75) is 31.8 Å². The normalized spacial score (nSPS) is 21.2. The molecule has 2 aliphatic rings. The number of nitrogens with one attached hydrogen (secondary N) is 1. The third-order valence-corrected chi connectivity index (χ3v) is 3.99. The van der Waals surface area contributed by atoms with Gasteiger partial charge in [0.15, 0.2) is 0 Å². The fraction of sp³-hybridized carbons (Fsp3) is 0.600. The summed E-state index contributed by atoms with van der Waals surface area (Å²) in [6.45, 7) is 3.38. The van der Waals surface area contributed by atoms with Crippen LogP contribution in [0, 0.1) is 0 Å². The summed E-state index contributed by atoms with van der Waals surface area (Å²) < 4.78 is 6.10. The number of hydrogen-bond acceptors (Lipinski definition) is 3. The first kappa shape index (κ1) is 11.8. The number of aryl methyl sites for hydroxylation is 1. The molecule has 1 fully saturated rings. The number of hydrogen-bond donors (Lipinski definition) is 1. The molecule has 0 aromatic heterocycles. The molecule has 2 aliphatic heterocycles. The number of piperidine rings is 1. The van der Waals surface area contributed by atoms with Gasteiger partial charge in [0, 0.05) is 31.4 Å². The molecule has 1 saturated heterocycles. The van der Waals surface area contributed by atoms with E-state index in [0.29, 0.717) is 6.10 Å². The van der Waals surface area contributed by atoms with Crippen LogP contribution in [0.4, 0.5) is 5.69 Å². The molecular formula is C15H22N2O. The lowest BCUT2D eigenvalue weighted by Crippen LogP contribution is -2.35. The molecule has 3 rings (SSSR count). The zero-order valence-corrected chi connectivity index (χ0v) is 11.1. The van der Waals surface area contributed by atoms with Crippen molar-refractivity contribution in [1.29, 1.82) is 0 Å². The second-order valence-electron chi connectivity index (χ2n) is 5.47. The quantitative estimate of drug-likeness (QED) is 0.868. The van der Waals surface area contributed by atoms with E-state index in [2.05, 4.69) is 35.5 Å². The van der Waals surface area contributed by atoms with Gasteiger partial charge in [0.1, 0.15) is 11.9 Å². The summed E-state index contributed by atoms with van der Waals surface area (Å²) in [4.78, 5) is 2.37. The molecule has 3 heteroatoms. The third-order valence-electron chi connectivity index (χ3n) is 3.99. The fourth-order valence-electron chi connectivity index (χ4n) is 2.81. The van der Waals surface area contributed by atoms with Gasteiger partial charge >= 0.3 is 0 Å². The highest BCUT2D eigenvalue weighted by atomic mass is 16.5. The highest BCUT2D eigenvalue weighted by Crippen LogP contribution is 2.28. The summed E-state index contributed by atoms with van der Waals surface area (Å²) in [6.07, 6.45) is 5.10. The van der Waals surface area contributed by atoms with E-state index < -0.39 is 0 Å². The van der Waals surface area contributed by atoms with Crippen LogP contribution < -0.4 is 10.1 Å². The number of ether oxygens (including phenoxy) is 1. The van der Waals surface area contributed by atoms with E-state index in [9.17, 15) is 0 Å². The first-order valence-corrected chi connectivity index (χ1v) is 7.03. The zero-order valence-electron chi connectivity index (χ0n) is 11.1. The molecule has 0 saturated carbocycles. The van der Waals surface area contributed by atoms with Gasteiger partial charge in [0.25, 0.3) is 0 Å². The van der Waals surface area contributed by atoms with Crippen LogP contribution in [0.1, 0.15) is 24.8 Å². The van der Waals surface area contributed by atoms with Gasteiger partial charge in [-0.15, -0.1) is 0 Å². The molecule has 1 N–H and O–H groups in total. The number of benzene rings is 1. The lowest BCUT2D eigenvalue weighted by molar-refractivity contribution is 0.114. The summed E-state index contributed by atoms with van der Waals surface area (Å²) in [5, 5.41) is 3.46. The molecule has 0 radical (unpaired) electrons. The van der Waals surface area contributed by atoms with Crippen LogP contribution in [-0.4, -0.2) is 37.7 Å². The lowest BCUT2D eigenvalue weighted by Gasteiger charge is -2.29. The average Bonchev–Trinajstić information content (AvgIpc) is 2.41. The van der Waals surface area contributed by atoms with E-state index in [1.165, 1.54) is 24.1 Å². The van der Waals surface area contributed by atoms with Crippen LogP contribution in [0.25, 0.3) is 0 Å². The van der Waals surface area contributed by atoms with Crippen LogP contribution in [0.15, 0.2) is 18.2 Å². The van der Waals surface area contributed by atoms with Crippen molar-refractivity contribution in [3.63, 3.8) is 0 Å². The zero-order chi connectivity index (χ0) is 12.4. The SMILES string of the molecule is CN1CCC(Oc2ccc3c(c2)NCCC3)CC1. The van der Waals surface area contributed by atoms with Crippen molar-refractivity contribution < 1.29 is 4.74 Å². The molecule has 0 spiro atoms. The van der Waals surface area contributed by atoms with Gasteiger partial charge in [0.2, 0.25) is 0 Å². The third kappa shape index (κ3) is 2.61. The maximum Gasteiger partial charge on any atom is 0.121 e. The topological polar surface area (TPSA) is 24.5 Å². The molecule has 0 amide bonds. The van der Waals surface area contributed by atoms with Crippen molar-refractivity contribution in [2.24, 2.45) is 0 Å². The maximum atomic E-state index is 6.10. The molecule has 0 aliphatic carbocycles. The second kappa shape index (κ2) is 5.19. The van der Waals surface area contributed by atoms with Crippen LogP contribution >= 0.6 is 0 Å². The van der Waals surface area contributed by atoms with Gasteiger partial charge in [-0.05, 0) is 44.4 Å². The minimum Gasteiger partial charge on any atom is -0.490 e. The number of nitrogens with zero attached hydrogens (tertiary/aromatic N) is 1. The number of fused-ring (bicyclic) bond motifs is 1. The first-order valence-electron chi connectivity index (χ1n) is 7.03. The molecule has 3 nitrogen and oxygen atoms in total. The predicted octanol–water partition coefficient (Wildman–Crippen LogP) is 2.52. The standard InChI is InChI=1S/C15H22N2O/c1-17-9-6-13(7-10-17)18-14-5-4-12-3-2-8-16-15(12)11-14/h4-5,11,13,16H,2-3,6-10H2,1H3. The summed E-state index contributed by atoms with van der Waals surface area (Å²) in [6, 6.07) is 6.52. The van der Waals surface area contributed by atoms with E-state index in [1.54, 1.807) is 0 Å². The van der Waals surface area contributed by atoms with Crippen LogP contribution in [0.2, 0.25) is 0 Å². The first-order chi connectivity index (χ1) is 8.81. The largest absolute Gasteiger partial charge is 0.490 e. The smallest absolute Gasteiger partial charge is 0.121 e. The van der Waals surface area contributed by atoms with E-state index in [4.69, 9.17) is 4.74 Å². The minimum atomic E-state index is 0.392. The number of likely N-dealkylation sites (tertiary alicyclic amines) is 1. The van der Waals surface area contributed by atoms with E-state index in [-0.39, 0.29) is 0 Å². The Kier molecular flexibility index (Phi) is 3.41. The van der Waals surface area contributed by atoms with Crippen LogP contribution in [-0.2, 0) is 6.42 Å². The van der Waals surface area contributed by atoms with Gasteiger partial charge in [-0.1, -0.05) is 6.07 Å². The predicted molar refractivity (Wildman–Crippen MR) is 74.4 cm³/mol. The van der Waals surface area contributed by atoms with Gasteiger partial charge in [0.05, 0.1) is 0 Å². The monoisotopic (exact) mass is 246 g/mol. The van der Waals surface area contributed by atoms with Crippen LogP contribution in [0.3, 0.4) is 0 Å². The number of rotatable bonds is 2. The molecule has 2 heterocycles. The van der Waals surface area contributed by atoms with Gasteiger partial charge < -0.3 is 15.0 Å². The molecular weight excluding hydrogens is 224 g/mol. The maximum absolute atomic E-state index is 6.10. The van der Waals surface area contributed by atoms with Gasteiger partial charge in [-0.25, -0.2) is 0 Å². The minimum absolute atomic E-state index is 0.392. The summed E-state index contributed by atoms with van der Waals surface area (Å²) >= 11 is 0. The molecule has 98 valence electrons. The van der Waals surface area contributed by atoms with Gasteiger partial charge in [-0.3, -0.25) is 0 Å². The average molecular weight is 246 g/mol. The Bertz CT molecular complexity index is 411. The lowest BCUT2D eigenvalue weighted by atomic mass is 10.0. The Labute approximate surface area is 109 Å². The second-order valence-corrected chi connectivity index (χ2v) is 5.47. The number of anilines is 1. The highest BCUT2D eigenvalue weighted by Gasteiger charge is 2.18. The summed E-state index contributed by atoms with van der Waals surface area (Å²) in [7, 11) is 2.18. The Morgan fingerprint density at radius 2 is 2.11 bits per heavy atom. The van der Waals surface area contributed by atoms with E-state index >= 15 is 0 Å². The van der Waals surface area contributed by atoms with Gasteiger partial charge in [-0.2, -0.15) is 0 Å². The highest BCUT2D eigenvalue weighted by molar-refractivity contribution is 5.56. The Balaban J connectivity index is 1.66. The van der Waals surface area contributed by atoms with Crippen molar-refractivity contribution in [3.8, 4) is 5.75 Å². The Morgan fingerprint density at radius 3 is 2.94 bits per heavy atom. The molecule has 18 heavy (non-hydrogen) atoms. The van der Waals surface area contributed by atoms with Crippen molar-refractivity contribution in [3.05, 3.63) is 23.8 Å². The van der Waals surface area contributed by atoms with Crippen molar-refractivity contribution in [2.75, 3.05) is 32.0 Å². The van der Waals surface area contributed by atoms with Crippen LogP contribution in [0.5, 0.6) is 5.75 Å². The molecule has 0 bridgehead atoms. The molecule has 1 aromatic carbocycles. The fourth-order valence-corrected chi connectivity index (χ4v) is 2.81. The Morgan fingerprint density at radius 1 is 1.28 bits per heavy atom. The molecule has 1 aromatic rings. The molecule has 0 atom stereocenters. The Hall–Kier alpha value is -1.22. The summed E-state index contributed by atoms with van der Waals surface area (Å²) in [5.41, 5.74) is 2.70. The van der Waals surface area contributed by atoms with Crippen molar-refractivity contribution >= 4 is 5.69 Å². The van der Waals surface area contributed by atoms with Crippen molar-refractivity contribution in [1.82, 2.24) is 4.90 Å². The van der Waals surface area contributed by atoms with E-state index in [1.807, 2.05) is 0 Å². The molecule has 0 unspecified atom stereocenters.